The van der Waals surface area contributed by atoms with Crippen LogP contribution in [0.3, 0.4) is 0 Å². The fourth-order valence-electron chi connectivity index (χ4n) is 5.24. The summed E-state index contributed by atoms with van der Waals surface area (Å²) in [6, 6.07) is 15.8. The molecule has 1 heterocycles. The van der Waals surface area contributed by atoms with Crippen LogP contribution in [0.2, 0.25) is 0 Å². The van der Waals surface area contributed by atoms with Gasteiger partial charge in [-0.05, 0) is 51.0 Å². The lowest BCUT2D eigenvalue weighted by molar-refractivity contribution is -0.906. The number of aliphatic carboxylic acids is 1. The van der Waals surface area contributed by atoms with Gasteiger partial charge in [0.25, 0.3) is 0 Å². The van der Waals surface area contributed by atoms with Gasteiger partial charge >= 0.3 is 17.8 Å². The third kappa shape index (κ3) is 4.43. The minimum absolute atomic E-state index is 0.265. The summed E-state index contributed by atoms with van der Waals surface area (Å²) in [6.45, 7) is 7.80. The van der Waals surface area contributed by atoms with Crippen molar-refractivity contribution < 1.29 is 33.9 Å². The minimum atomic E-state index is -1.30. The normalized spacial score (nSPS) is 23.4. The van der Waals surface area contributed by atoms with Crippen LogP contribution in [0.1, 0.15) is 51.7 Å². The Bertz CT molecular complexity index is 1050. The van der Waals surface area contributed by atoms with Gasteiger partial charge < -0.3 is 9.84 Å². The molecule has 3 rings (SSSR count). The topological polar surface area (TPSA) is 113 Å². The zero-order valence-electron chi connectivity index (χ0n) is 20.1. The van der Waals surface area contributed by atoms with Crippen molar-refractivity contribution in [1.29, 1.82) is 0 Å². The van der Waals surface area contributed by atoms with E-state index < -0.39 is 28.9 Å². The van der Waals surface area contributed by atoms with E-state index in [1.165, 1.54) is 0 Å². The van der Waals surface area contributed by atoms with Gasteiger partial charge in [-0.2, -0.15) is 0 Å². The van der Waals surface area contributed by atoms with Crippen LogP contribution in [-0.4, -0.2) is 50.7 Å². The number of carbonyl (C=O) groups is 3. The molecular weight excluding hydrogens is 436 g/mol. The number of likely N-dealkylation sites (tertiary alicyclic amines) is 1. The molecule has 1 saturated heterocycles. The Labute approximate surface area is 199 Å². The number of amides is 2. The number of hydrogen-bond acceptors (Lipinski definition) is 5. The molecule has 3 N–H and O–H groups in total. The molecule has 0 radical (unpaired) electrons. The molecule has 2 aromatic carbocycles. The van der Waals surface area contributed by atoms with Gasteiger partial charge in [0.1, 0.15) is 17.8 Å². The van der Waals surface area contributed by atoms with Crippen LogP contribution in [-0.2, 0) is 26.4 Å². The van der Waals surface area contributed by atoms with Crippen molar-refractivity contribution in [3.05, 3.63) is 65.7 Å². The van der Waals surface area contributed by atoms with Gasteiger partial charge in [-0.25, -0.2) is 14.8 Å². The molecule has 2 aromatic rings. The molecular formula is C26H33N2O6+. The molecule has 3 atom stereocenters. The number of quaternary nitrogens is 1. The van der Waals surface area contributed by atoms with Crippen LogP contribution in [0.15, 0.2) is 54.6 Å². The van der Waals surface area contributed by atoms with Crippen molar-refractivity contribution in [2.24, 2.45) is 0 Å². The van der Waals surface area contributed by atoms with E-state index in [-0.39, 0.29) is 29.8 Å². The van der Waals surface area contributed by atoms with Crippen molar-refractivity contribution in [1.82, 2.24) is 5.48 Å². The van der Waals surface area contributed by atoms with E-state index >= 15 is 0 Å². The van der Waals surface area contributed by atoms with Gasteiger partial charge in [0.05, 0.1) is 18.5 Å². The lowest BCUT2D eigenvalue weighted by Crippen LogP contribution is -2.70. The summed E-state index contributed by atoms with van der Waals surface area (Å²) in [5, 5.41) is 19.0. The molecule has 0 aliphatic carbocycles. The molecule has 0 aromatic heterocycles. The number of benzene rings is 2. The summed E-state index contributed by atoms with van der Waals surface area (Å²) in [5.74, 6) is -1.51. The van der Waals surface area contributed by atoms with Crippen molar-refractivity contribution in [2.75, 3.05) is 6.54 Å². The number of rotatable bonds is 8. The fraction of sp³-hybridized carbons (Fsp3) is 0.423. The molecule has 8 heteroatoms. The van der Waals surface area contributed by atoms with Gasteiger partial charge in [-0.15, -0.1) is 0 Å². The summed E-state index contributed by atoms with van der Waals surface area (Å²) in [5.41, 5.74) is 1.25. The van der Waals surface area contributed by atoms with Gasteiger partial charge in [0.2, 0.25) is 0 Å². The second-order valence-corrected chi connectivity index (χ2v) is 9.92. The lowest BCUT2D eigenvalue weighted by atomic mass is 9.75. The van der Waals surface area contributed by atoms with E-state index in [4.69, 9.17) is 4.74 Å². The summed E-state index contributed by atoms with van der Waals surface area (Å²) in [7, 11) is 0. The maximum Gasteiger partial charge on any atom is 0.326 e. The van der Waals surface area contributed by atoms with Crippen LogP contribution in [0.5, 0.6) is 5.75 Å². The average molecular weight is 470 g/mol. The molecule has 1 aliphatic rings. The van der Waals surface area contributed by atoms with E-state index in [0.29, 0.717) is 17.9 Å². The highest BCUT2D eigenvalue weighted by Crippen LogP contribution is 2.48. The summed E-state index contributed by atoms with van der Waals surface area (Å²) < 4.78 is 5.58. The Balaban J connectivity index is 1.98. The zero-order valence-corrected chi connectivity index (χ0v) is 20.1. The van der Waals surface area contributed by atoms with Crippen molar-refractivity contribution >= 4 is 17.8 Å². The van der Waals surface area contributed by atoms with E-state index in [0.717, 1.165) is 5.56 Å². The van der Waals surface area contributed by atoms with Crippen molar-refractivity contribution in [3.63, 3.8) is 0 Å². The Hall–Kier alpha value is -3.23. The second-order valence-electron chi connectivity index (χ2n) is 9.92. The van der Waals surface area contributed by atoms with E-state index in [9.17, 15) is 24.7 Å². The third-order valence-electron chi connectivity index (χ3n) is 7.12. The molecule has 182 valence electrons. The second kappa shape index (κ2) is 9.56. The first-order valence-corrected chi connectivity index (χ1v) is 11.3. The van der Waals surface area contributed by atoms with Crippen LogP contribution in [0.4, 0.5) is 0 Å². The summed E-state index contributed by atoms with van der Waals surface area (Å²) in [4.78, 5) is 38.6. The first kappa shape index (κ1) is 25.4. The average Bonchev–Trinajstić information content (AvgIpc) is 3.11. The third-order valence-corrected chi connectivity index (χ3v) is 7.12. The number of hydrogen-bond donors (Lipinski definition) is 3. The minimum Gasteiger partial charge on any atom is -0.489 e. The van der Waals surface area contributed by atoms with Crippen LogP contribution < -0.4 is 10.2 Å². The molecule has 1 fully saturated rings. The van der Waals surface area contributed by atoms with Crippen LogP contribution in [0.25, 0.3) is 0 Å². The van der Waals surface area contributed by atoms with Gasteiger partial charge in [0.15, 0.2) is 6.04 Å². The Kier molecular flexibility index (Phi) is 7.14. The maximum absolute atomic E-state index is 14.2. The molecule has 34 heavy (non-hydrogen) atoms. The van der Waals surface area contributed by atoms with Gasteiger partial charge in [-0.3, -0.25) is 14.8 Å². The highest BCUT2D eigenvalue weighted by molar-refractivity contribution is 5.92. The summed E-state index contributed by atoms with van der Waals surface area (Å²) in [6.07, 6.45) is -0.123. The molecule has 8 nitrogen and oxygen atoms in total. The first-order valence-electron chi connectivity index (χ1n) is 11.3. The Morgan fingerprint density at radius 3 is 2.26 bits per heavy atom. The summed E-state index contributed by atoms with van der Waals surface area (Å²) >= 11 is 0. The quantitative estimate of drug-likeness (QED) is 0.310. The number of nitrogens with one attached hydrogen (secondary N) is 1. The number of carbonyl (C=O) groups excluding carboxylic acids is 2. The van der Waals surface area contributed by atoms with Crippen molar-refractivity contribution in [3.8, 4) is 5.75 Å². The number of carboxylic acids is 1. The highest BCUT2D eigenvalue weighted by Gasteiger charge is 2.66. The zero-order chi connectivity index (χ0) is 25.1. The molecule has 2 amide bonds. The predicted molar refractivity (Wildman–Crippen MR) is 125 cm³/mol. The highest BCUT2D eigenvalue weighted by atomic mass is 16.5. The molecule has 0 bridgehead atoms. The van der Waals surface area contributed by atoms with Gasteiger partial charge in [0, 0.05) is 6.42 Å². The molecule has 2 unspecified atom stereocenters. The largest absolute Gasteiger partial charge is 0.489 e. The van der Waals surface area contributed by atoms with E-state index in [1.807, 2.05) is 51.1 Å². The van der Waals surface area contributed by atoms with Crippen LogP contribution >= 0.6 is 0 Å². The number of carboxylic acid groups (broad SMARTS) is 1. The molecule has 1 aliphatic heterocycles. The maximum atomic E-state index is 14.2. The number of hydroxylamine groups is 1. The standard InChI is InChI=1S/C26H32N2O6/c1-18(23(31)27-33)28(25(2,3)4)15-14-26(24(28)32,16-22(29)30)20-10-12-21(13-11-20)34-17-19-8-6-5-7-9-19/h5-13,18H,14-17H2,1-4H3,(H2-,27,29,30,31,33)/p+1/t18?,26?,28-/m0/s1. The van der Waals surface area contributed by atoms with E-state index in [2.05, 4.69) is 0 Å². The fourth-order valence-corrected chi connectivity index (χ4v) is 5.24. The van der Waals surface area contributed by atoms with Gasteiger partial charge in [-0.1, -0.05) is 42.5 Å². The Morgan fingerprint density at radius 2 is 1.74 bits per heavy atom. The smallest absolute Gasteiger partial charge is 0.326 e. The molecule has 0 saturated carbocycles. The number of ether oxygens (including phenoxy) is 1. The molecule has 0 spiro atoms. The van der Waals surface area contributed by atoms with Crippen molar-refractivity contribution in [2.45, 2.75) is 64.1 Å². The predicted octanol–water partition coefficient (Wildman–Crippen LogP) is 3.42. The van der Waals surface area contributed by atoms with E-state index in [1.54, 1.807) is 36.7 Å². The monoisotopic (exact) mass is 469 g/mol. The lowest BCUT2D eigenvalue weighted by Gasteiger charge is -2.47. The SMILES string of the molecule is CC(C(=O)NO)[N@@+]1(C(C)(C)C)CCC(CC(=O)O)(c2ccc(OCc3ccccc3)cc2)C1=O. The Morgan fingerprint density at radius 1 is 1.12 bits per heavy atom. The van der Waals surface area contributed by atoms with Crippen LogP contribution in [0, 0.1) is 0 Å². The number of nitrogens with zero attached hydrogens (tertiary/aromatic N) is 1. The first-order chi connectivity index (χ1) is 16.0.